The van der Waals surface area contributed by atoms with Crippen LogP contribution < -0.4 is 10.6 Å². The molecular weight excluding hydrogens is 450 g/mol. The number of aryl methyl sites for hydroxylation is 1. The van der Waals surface area contributed by atoms with Crippen molar-refractivity contribution in [3.63, 3.8) is 0 Å². The van der Waals surface area contributed by atoms with Gasteiger partial charge < -0.3 is 15.4 Å². The van der Waals surface area contributed by atoms with Crippen LogP contribution >= 0.6 is 11.3 Å². The number of hydrogen-bond donors (Lipinski definition) is 2. The fourth-order valence-corrected chi connectivity index (χ4v) is 4.56. The lowest BCUT2D eigenvalue weighted by Gasteiger charge is -2.25. The predicted octanol–water partition coefficient (Wildman–Crippen LogP) is 4.90. The molecule has 8 heteroatoms. The average Bonchev–Trinajstić information content (AvgIpc) is 3.43. The van der Waals surface area contributed by atoms with E-state index in [1.807, 2.05) is 56.5 Å². The van der Waals surface area contributed by atoms with Crippen LogP contribution in [-0.4, -0.2) is 34.9 Å². The van der Waals surface area contributed by atoms with Gasteiger partial charge in [0, 0.05) is 11.7 Å². The molecule has 2 heterocycles. The van der Waals surface area contributed by atoms with Crippen molar-refractivity contribution >= 4 is 34.9 Å². The summed E-state index contributed by atoms with van der Waals surface area (Å²) in [6.07, 6.45) is -1.30. The first-order valence-corrected chi connectivity index (χ1v) is 12.0. The molecule has 0 saturated carbocycles. The lowest BCUT2D eigenvalue weighted by molar-refractivity contribution is -0.126. The van der Waals surface area contributed by atoms with Crippen molar-refractivity contribution < 1.29 is 19.1 Å². The quantitative estimate of drug-likeness (QED) is 0.507. The Morgan fingerprint density at radius 2 is 1.85 bits per heavy atom. The average molecular weight is 478 g/mol. The van der Waals surface area contributed by atoms with Crippen molar-refractivity contribution in [3.8, 4) is 0 Å². The molecule has 3 aromatic rings. The fourth-order valence-electron chi connectivity index (χ4n) is 3.94. The molecular formula is C26H27N3O4S. The van der Waals surface area contributed by atoms with Gasteiger partial charge >= 0.3 is 6.09 Å². The SMILES string of the molecule is Cc1cccc(CN2C(=O)OC(c3ccc(NC(=O)c4cccs4)cc3)C2C(=O)NC(C)C)c1. The summed E-state index contributed by atoms with van der Waals surface area (Å²) in [4.78, 5) is 40.4. The van der Waals surface area contributed by atoms with Crippen LogP contribution in [0.25, 0.3) is 0 Å². The molecule has 0 spiro atoms. The summed E-state index contributed by atoms with van der Waals surface area (Å²) in [5, 5.41) is 7.61. The summed E-state index contributed by atoms with van der Waals surface area (Å²) in [5.41, 5.74) is 3.29. The lowest BCUT2D eigenvalue weighted by atomic mass is 10.00. The number of nitrogens with one attached hydrogen (secondary N) is 2. The molecule has 3 amide bonds. The molecule has 1 aliphatic heterocycles. The van der Waals surface area contributed by atoms with Crippen LogP contribution in [0.1, 0.15) is 46.3 Å². The molecule has 1 aliphatic rings. The van der Waals surface area contributed by atoms with E-state index < -0.39 is 18.2 Å². The van der Waals surface area contributed by atoms with Gasteiger partial charge in [0.2, 0.25) is 5.91 Å². The summed E-state index contributed by atoms with van der Waals surface area (Å²) >= 11 is 1.36. The standard InChI is InChI=1S/C26H27N3O4S/c1-16(2)27-25(31)22-23(33-26(32)29(22)15-18-7-4-6-17(3)14-18)19-9-11-20(12-10-19)28-24(30)21-8-5-13-34-21/h4-14,16,22-23H,15H2,1-3H3,(H,27,31)(H,28,30). The highest BCUT2D eigenvalue weighted by molar-refractivity contribution is 7.12. The number of hydrogen-bond acceptors (Lipinski definition) is 5. The van der Waals surface area contributed by atoms with E-state index in [4.69, 9.17) is 4.74 Å². The van der Waals surface area contributed by atoms with Gasteiger partial charge in [-0.3, -0.25) is 14.5 Å². The van der Waals surface area contributed by atoms with Crippen molar-refractivity contribution in [1.82, 2.24) is 10.2 Å². The number of anilines is 1. The monoisotopic (exact) mass is 477 g/mol. The first-order valence-electron chi connectivity index (χ1n) is 11.1. The molecule has 2 N–H and O–H groups in total. The lowest BCUT2D eigenvalue weighted by Crippen LogP contribution is -2.48. The van der Waals surface area contributed by atoms with E-state index >= 15 is 0 Å². The molecule has 2 atom stereocenters. The van der Waals surface area contributed by atoms with E-state index in [1.165, 1.54) is 16.2 Å². The van der Waals surface area contributed by atoms with Crippen molar-refractivity contribution in [2.75, 3.05) is 5.32 Å². The Morgan fingerprint density at radius 1 is 1.09 bits per heavy atom. The third-order valence-electron chi connectivity index (χ3n) is 5.46. The normalized spacial score (nSPS) is 17.5. The van der Waals surface area contributed by atoms with Crippen LogP contribution in [-0.2, 0) is 16.1 Å². The molecule has 1 fully saturated rings. The highest BCUT2D eigenvalue weighted by Crippen LogP contribution is 2.34. The van der Waals surface area contributed by atoms with Gasteiger partial charge in [0.05, 0.1) is 11.4 Å². The van der Waals surface area contributed by atoms with E-state index in [1.54, 1.807) is 30.3 Å². The van der Waals surface area contributed by atoms with E-state index in [0.29, 0.717) is 16.1 Å². The molecule has 34 heavy (non-hydrogen) atoms. The molecule has 176 valence electrons. The van der Waals surface area contributed by atoms with Gasteiger partial charge in [0.1, 0.15) is 0 Å². The van der Waals surface area contributed by atoms with Gasteiger partial charge in [-0.1, -0.05) is 48.0 Å². The molecule has 4 rings (SSSR count). The number of nitrogens with zero attached hydrogens (tertiary/aromatic N) is 1. The number of rotatable bonds is 7. The van der Waals surface area contributed by atoms with Gasteiger partial charge in [-0.2, -0.15) is 0 Å². The topological polar surface area (TPSA) is 87.7 Å². The first kappa shape index (κ1) is 23.5. The first-order chi connectivity index (χ1) is 16.3. The number of thiophene rings is 1. The highest BCUT2D eigenvalue weighted by atomic mass is 32.1. The number of cyclic esters (lactones) is 1. The second-order valence-corrected chi connectivity index (χ2v) is 9.53. The maximum Gasteiger partial charge on any atom is 0.411 e. The van der Waals surface area contributed by atoms with Crippen LogP contribution in [0.15, 0.2) is 66.0 Å². The summed E-state index contributed by atoms with van der Waals surface area (Å²) in [7, 11) is 0. The molecule has 2 aromatic carbocycles. The molecule has 2 unspecified atom stereocenters. The largest absolute Gasteiger partial charge is 0.438 e. The summed E-state index contributed by atoms with van der Waals surface area (Å²) in [6, 6.07) is 17.5. The van der Waals surface area contributed by atoms with E-state index in [0.717, 1.165) is 11.1 Å². The Kier molecular flexibility index (Phi) is 6.98. The second kappa shape index (κ2) is 10.1. The Bertz CT molecular complexity index is 1180. The summed E-state index contributed by atoms with van der Waals surface area (Å²) in [6.45, 7) is 6.00. The van der Waals surface area contributed by atoms with Crippen molar-refractivity contribution in [3.05, 3.63) is 87.6 Å². The Morgan fingerprint density at radius 3 is 2.50 bits per heavy atom. The minimum atomic E-state index is -0.818. The van der Waals surface area contributed by atoms with Gasteiger partial charge in [-0.15, -0.1) is 11.3 Å². The Labute approximate surface area is 202 Å². The van der Waals surface area contributed by atoms with Crippen LogP contribution in [0.3, 0.4) is 0 Å². The zero-order chi connectivity index (χ0) is 24.2. The Hall–Kier alpha value is -3.65. The number of ether oxygens (including phenoxy) is 1. The third kappa shape index (κ3) is 5.28. The molecule has 1 saturated heterocycles. The van der Waals surface area contributed by atoms with Gasteiger partial charge in [-0.05, 0) is 55.5 Å². The second-order valence-electron chi connectivity index (χ2n) is 8.58. The van der Waals surface area contributed by atoms with Gasteiger partial charge in [0.25, 0.3) is 5.91 Å². The van der Waals surface area contributed by atoms with Crippen LogP contribution in [0, 0.1) is 6.92 Å². The highest BCUT2D eigenvalue weighted by Gasteiger charge is 2.47. The molecule has 7 nitrogen and oxygen atoms in total. The smallest absolute Gasteiger partial charge is 0.411 e. The molecule has 0 bridgehead atoms. The maximum atomic E-state index is 13.2. The fraction of sp³-hybridized carbons (Fsp3) is 0.269. The molecule has 1 aromatic heterocycles. The van der Waals surface area contributed by atoms with E-state index in [2.05, 4.69) is 10.6 Å². The van der Waals surface area contributed by atoms with Crippen LogP contribution in [0.2, 0.25) is 0 Å². The summed E-state index contributed by atoms with van der Waals surface area (Å²) in [5.74, 6) is -0.456. The number of benzene rings is 2. The van der Waals surface area contributed by atoms with Crippen LogP contribution in [0.4, 0.5) is 10.5 Å². The predicted molar refractivity (Wildman–Crippen MR) is 132 cm³/mol. The summed E-state index contributed by atoms with van der Waals surface area (Å²) < 4.78 is 5.70. The van der Waals surface area contributed by atoms with Crippen molar-refractivity contribution in [1.29, 1.82) is 0 Å². The van der Waals surface area contributed by atoms with Crippen LogP contribution in [0.5, 0.6) is 0 Å². The van der Waals surface area contributed by atoms with Crippen molar-refractivity contribution in [2.45, 2.75) is 45.5 Å². The van der Waals surface area contributed by atoms with E-state index in [9.17, 15) is 14.4 Å². The Balaban J connectivity index is 1.57. The van der Waals surface area contributed by atoms with Gasteiger partial charge in [0.15, 0.2) is 12.1 Å². The minimum Gasteiger partial charge on any atom is -0.438 e. The van der Waals surface area contributed by atoms with Gasteiger partial charge in [-0.25, -0.2) is 4.79 Å². The van der Waals surface area contributed by atoms with Crippen molar-refractivity contribution in [2.24, 2.45) is 0 Å². The number of carbonyl (C=O) groups is 3. The number of carbonyl (C=O) groups excluding carboxylic acids is 3. The molecule has 0 radical (unpaired) electrons. The third-order valence-corrected chi connectivity index (χ3v) is 6.33. The van der Waals surface area contributed by atoms with E-state index in [-0.39, 0.29) is 24.4 Å². The zero-order valence-corrected chi connectivity index (χ0v) is 20.1. The minimum absolute atomic E-state index is 0.0838. The maximum absolute atomic E-state index is 13.2. The zero-order valence-electron chi connectivity index (χ0n) is 19.3. The number of amides is 3. The molecule has 0 aliphatic carbocycles.